The normalized spacial score (nSPS) is 16.1. The van der Waals surface area contributed by atoms with Gasteiger partial charge in [-0.05, 0) is 36.5 Å². The number of nitrogens with zero attached hydrogens (tertiary/aromatic N) is 1. The van der Waals surface area contributed by atoms with E-state index in [0.29, 0.717) is 12.5 Å². The molecule has 14 heavy (non-hydrogen) atoms. The summed E-state index contributed by atoms with van der Waals surface area (Å²) in [6, 6.07) is 7.58. The highest BCUT2D eigenvalue weighted by atomic mass is 35.5. The van der Waals surface area contributed by atoms with E-state index in [9.17, 15) is 0 Å². The molecular formula is C11H12ClNO. The molecular weight excluding hydrogens is 198 g/mol. The minimum absolute atomic E-state index is 0.514. The number of hydrogen-bond acceptors (Lipinski definition) is 2. The van der Waals surface area contributed by atoms with Gasteiger partial charge in [-0.1, -0.05) is 28.9 Å². The van der Waals surface area contributed by atoms with Gasteiger partial charge in [0, 0.05) is 11.2 Å². The highest BCUT2D eigenvalue weighted by Gasteiger charge is 2.18. The molecule has 0 radical (unpaired) electrons. The van der Waals surface area contributed by atoms with Gasteiger partial charge in [0.2, 0.25) is 0 Å². The zero-order valence-electron chi connectivity index (χ0n) is 7.82. The van der Waals surface area contributed by atoms with Crippen LogP contribution in [-0.2, 0) is 11.4 Å². The highest BCUT2D eigenvalue weighted by Crippen LogP contribution is 2.26. The number of rotatable bonds is 4. The number of hydrogen-bond donors (Lipinski definition) is 0. The molecule has 74 valence electrons. The lowest BCUT2D eigenvalue weighted by Gasteiger charge is -1.99. The molecule has 1 aliphatic carbocycles. The van der Waals surface area contributed by atoms with E-state index in [4.69, 9.17) is 16.4 Å². The molecule has 0 bridgehead atoms. The van der Waals surface area contributed by atoms with Gasteiger partial charge in [0.15, 0.2) is 0 Å². The Kier molecular flexibility index (Phi) is 3.04. The first-order valence-electron chi connectivity index (χ1n) is 4.74. The summed E-state index contributed by atoms with van der Waals surface area (Å²) in [4.78, 5) is 5.14. The summed E-state index contributed by atoms with van der Waals surface area (Å²) in [5.74, 6) is 0.667. The van der Waals surface area contributed by atoms with Crippen molar-refractivity contribution in [1.82, 2.24) is 0 Å². The van der Waals surface area contributed by atoms with Gasteiger partial charge in [-0.3, -0.25) is 0 Å². The van der Waals surface area contributed by atoms with Crippen LogP contribution < -0.4 is 0 Å². The summed E-state index contributed by atoms with van der Waals surface area (Å²) in [5.41, 5.74) is 1.09. The lowest BCUT2D eigenvalue weighted by Crippen LogP contribution is -1.87. The number of halogens is 1. The smallest absolute Gasteiger partial charge is 0.142 e. The van der Waals surface area contributed by atoms with Gasteiger partial charge in [0.25, 0.3) is 0 Å². The maximum atomic E-state index is 5.75. The molecule has 3 heteroatoms. The molecule has 0 saturated heterocycles. The van der Waals surface area contributed by atoms with Crippen LogP contribution in [0.5, 0.6) is 0 Å². The van der Waals surface area contributed by atoms with Crippen LogP contribution in [0.3, 0.4) is 0 Å². The third kappa shape index (κ3) is 3.04. The van der Waals surface area contributed by atoms with Crippen LogP contribution in [0.4, 0.5) is 0 Å². The molecule has 2 nitrogen and oxygen atoms in total. The molecule has 0 aromatic heterocycles. The largest absolute Gasteiger partial charge is 0.391 e. The second-order valence-corrected chi connectivity index (χ2v) is 3.93. The van der Waals surface area contributed by atoms with Crippen molar-refractivity contribution in [1.29, 1.82) is 0 Å². The van der Waals surface area contributed by atoms with E-state index in [1.54, 1.807) is 0 Å². The Labute approximate surface area is 88.5 Å². The summed E-state index contributed by atoms with van der Waals surface area (Å²) in [5, 5.41) is 4.64. The van der Waals surface area contributed by atoms with Crippen LogP contribution in [0, 0.1) is 5.92 Å². The zero-order chi connectivity index (χ0) is 9.80. The Hall–Kier alpha value is -1.02. The Morgan fingerprint density at radius 3 is 2.71 bits per heavy atom. The molecule has 1 saturated carbocycles. The van der Waals surface area contributed by atoms with Gasteiger partial charge >= 0.3 is 0 Å². The first-order chi connectivity index (χ1) is 6.84. The third-order valence-electron chi connectivity index (χ3n) is 2.11. The van der Waals surface area contributed by atoms with Crippen LogP contribution in [0.2, 0.25) is 5.02 Å². The SMILES string of the molecule is Clc1ccc(CON=CC2CC2)cc1. The molecule has 0 amide bonds. The van der Waals surface area contributed by atoms with E-state index in [2.05, 4.69) is 5.16 Å². The lowest BCUT2D eigenvalue weighted by atomic mass is 10.2. The van der Waals surface area contributed by atoms with E-state index >= 15 is 0 Å². The Balaban J connectivity index is 1.76. The molecule has 0 spiro atoms. The van der Waals surface area contributed by atoms with Crippen LogP contribution in [0.1, 0.15) is 18.4 Å². The predicted molar refractivity (Wildman–Crippen MR) is 57.5 cm³/mol. The van der Waals surface area contributed by atoms with Gasteiger partial charge < -0.3 is 4.84 Å². The maximum absolute atomic E-state index is 5.75. The maximum Gasteiger partial charge on any atom is 0.142 e. The second kappa shape index (κ2) is 4.47. The molecule has 0 N–H and O–H groups in total. The van der Waals surface area contributed by atoms with Crippen molar-refractivity contribution in [2.24, 2.45) is 11.1 Å². The van der Waals surface area contributed by atoms with Crippen molar-refractivity contribution in [2.45, 2.75) is 19.4 Å². The van der Waals surface area contributed by atoms with Crippen molar-refractivity contribution in [2.75, 3.05) is 0 Å². The summed E-state index contributed by atoms with van der Waals surface area (Å²) < 4.78 is 0. The molecule has 1 aromatic rings. The van der Waals surface area contributed by atoms with Crippen molar-refractivity contribution in [3.63, 3.8) is 0 Å². The average Bonchev–Trinajstić information content (AvgIpc) is 2.99. The van der Waals surface area contributed by atoms with Gasteiger partial charge in [-0.15, -0.1) is 0 Å². The van der Waals surface area contributed by atoms with E-state index in [1.807, 2.05) is 30.5 Å². The van der Waals surface area contributed by atoms with Crippen LogP contribution in [-0.4, -0.2) is 6.21 Å². The zero-order valence-corrected chi connectivity index (χ0v) is 8.57. The molecule has 1 fully saturated rings. The molecule has 0 aliphatic heterocycles. The molecule has 1 aromatic carbocycles. The quantitative estimate of drug-likeness (QED) is 0.551. The van der Waals surface area contributed by atoms with Gasteiger partial charge in [0.05, 0.1) is 0 Å². The fourth-order valence-corrected chi connectivity index (χ4v) is 1.19. The van der Waals surface area contributed by atoms with Gasteiger partial charge in [0.1, 0.15) is 6.61 Å². The Bertz CT molecular complexity index is 317. The van der Waals surface area contributed by atoms with E-state index in [-0.39, 0.29) is 0 Å². The molecule has 0 heterocycles. The summed E-state index contributed by atoms with van der Waals surface area (Å²) >= 11 is 5.75. The van der Waals surface area contributed by atoms with Crippen molar-refractivity contribution < 1.29 is 4.84 Å². The predicted octanol–water partition coefficient (Wildman–Crippen LogP) is 3.25. The molecule has 0 atom stereocenters. The van der Waals surface area contributed by atoms with E-state index in [1.165, 1.54) is 12.8 Å². The first kappa shape index (κ1) is 9.53. The van der Waals surface area contributed by atoms with E-state index < -0.39 is 0 Å². The monoisotopic (exact) mass is 209 g/mol. The van der Waals surface area contributed by atoms with Crippen molar-refractivity contribution in [3.05, 3.63) is 34.9 Å². The standard InChI is InChI=1S/C11H12ClNO/c12-11-5-3-10(4-6-11)8-14-13-7-9-1-2-9/h3-7,9H,1-2,8H2. The topological polar surface area (TPSA) is 21.6 Å². The van der Waals surface area contributed by atoms with Crippen molar-refractivity contribution >= 4 is 17.8 Å². The molecule has 2 rings (SSSR count). The average molecular weight is 210 g/mol. The van der Waals surface area contributed by atoms with E-state index in [0.717, 1.165) is 10.6 Å². The van der Waals surface area contributed by atoms with Gasteiger partial charge in [-0.2, -0.15) is 0 Å². The van der Waals surface area contributed by atoms with Crippen molar-refractivity contribution in [3.8, 4) is 0 Å². The van der Waals surface area contributed by atoms with Crippen LogP contribution >= 0.6 is 11.6 Å². The summed E-state index contributed by atoms with van der Waals surface area (Å²) in [6.45, 7) is 0.514. The minimum Gasteiger partial charge on any atom is -0.391 e. The number of oxime groups is 1. The lowest BCUT2D eigenvalue weighted by molar-refractivity contribution is 0.131. The first-order valence-corrected chi connectivity index (χ1v) is 5.12. The Morgan fingerprint density at radius 2 is 2.07 bits per heavy atom. The van der Waals surface area contributed by atoms with Crippen LogP contribution in [0.25, 0.3) is 0 Å². The van der Waals surface area contributed by atoms with Gasteiger partial charge in [-0.25, -0.2) is 0 Å². The second-order valence-electron chi connectivity index (χ2n) is 3.49. The third-order valence-corrected chi connectivity index (χ3v) is 2.36. The summed E-state index contributed by atoms with van der Waals surface area (Å²) in [6.07, 6.45) is 4.40. The molecule has 1 aliphatic rings. The summed E-state index contributed by atoms with van der Waals surface area (Å²) in [7, 11) is 0. The Morgan fingerprint density at radius 1 is 1.36 bits per heavy atom. The highest BCUT2D eigenvalue weighted by molar-refractivity contribution is 6.30. The number of benzene rings is 1. The fraction of sp³-hybridized carbons (Fsp3) is 0.364. The van der Waals surface area contributed by atoms with Crippen LogP contribution in [0.15, 0.2) is 29.4 Å². The minimum atomic E-state index is 0.514. The molecule has 0 unspecified atom stereocenters. The fourth-order valence-electron chi connectivity index (χ4n) is 1.07.